The average Bonchev–Trinajstić information content (AvgIpc) is 3.49. The molecule has 4 aromatic rings. The van der Waals surface area contributed by atoms with Gasteiger partial charge in [-0.3, -0.25) is 0 Å². The van der Waals surface area contributed by atoms with E-state index in [9.17, 15) is 23.1 Å². The number of rotatable bonds is 6. The number of carboxylic acid groups (broad SMARTS) is 1. The van der Waals surface area contributed by atoms with E-state index in [1.165, 1.54) is 7.11 Å². The van der Waals surface area contributed by atoms with E-state index >= 15 is 0 Å². The Morgan fingerprint density at radius 1 is 1.17 bits per heavy atom. The fourth-order valence-corrected chi connectivity index (χ4v) is 4.28. The summed E-state index contributed by atoms with van der Waals surface area (Å²) in [6, 6.07) is 6.38. The van der Waals surface area contributed by atoms with Crippen LogP contribution in [0.2, 0.25) is 0 Å². The molecule has 0 aliphatic carbocycles. The lowest BCUT2D eigenvalue weighted by Gasteiger charge is -2.33. The van der Waals surface area contributed by atoms with Crippen molar-refractivity contribution < 1.29 is 37.0 Å². The van der Waals surface area contributed by atoms with Crippen molar-refractivity contribution in [3.63, 3.8) is 0 Å². The fraction of sp³-hybridized carbons (Fsp3) is 0.250. The number of carboxylic acids is 1. The maximum absolute atomic E-state index is 13.8. The maximum Gasteiger partial charge on any atom is 0.356 e. The SMILES string of the molecule is COc1cc(-c2nnc3n2CCC[C@]3(Oc2cc(F)c(F)c(F)c2)C(=O)O)ccc1-c1cnc(C)o1. The summed E-state index contributed by atoms with van der Waals surface area (Å²) in [5.74, 6) is -4.85. The summed E-state index contributed by atoms with van der Waals surface area (Å²) in [6.07, 6.45) is 1.86. The van der Waals surface area contributed by atoms with Gasteiger partial charge in [-0.2, -0.15) is 0 Å². The smallest absolute Gasteiger partial charge is 0.356 e. The fourth-order valence-electron chi connectivity index (χ4n) is 4.28. The molecule has 2 aromatic carbocycles. The molecular formula is C24H19F3N4O5. The summed E-state index contributed by atoms with van der Waals surface area (Å²) in [5, 5.41) is 18.4. The minimum Gasteiger partial charge on any atom is -0.496 e. The number of fused-ring (bicyclic) bond motifs is 1. The first-order valence-electron chi connectivity index (χ1n) is 10.9. The van der Waals surface area contributed by atoms with Crippen molar-refractivity contribution >= 4 is 5.97 Å². The Balaban J connectivity index is 1.57. The molecule has 0 spiro atoms. The Kier molecular flexibility index (Phi) is 5.65. The zero-order chi connectivity index (χ0) is 25.6. The second kappa shape index (κ2) is 8.70. The third-order valence-electron chi connectivity index (χ3n) is 5.96. The first-order valence-corrected chi connectivity index (χ1v) is 10.9. The first kappa shape index (κ1) is 23.4. The number of nitrogens with zero attached hydrogens (tertiary/aromatic N) is 4. The quantitative estimate of drug-likeness (QED) is 0.386. The van der Waals surface area contributed by atoms with Crippen LogP contribution >= 0.6 is 0 Å². The van der Waals surface area contributed by atoms with Crippen molar-refractivity contribution in [3.8, 4) is 34.2 Å². The van der Waals surface area contributed by atoms with Crippen molar-refractivity contribution in [3.05, 3.63) is 65.7 Å². The molecular weight excluding hydrogens is 481 g/mol. The molecule has 1 aliphatic heterocycles. The highest BCUT2D eigenvalue weighted by molar-refractivity contribution is 5.79. The third-order valence-corrected chi connectivity index (χ3v) is 5.96. The lowest BCUT2D eigenvalue weighted by atomic mass is 9.92. The number of carbonyl (C=O) groups is 1. The highest BCUT2D eigenvalue weighted by atomic mass is 19.2. The topological polar surface area (TPSA) is 113 Å². The van der Waals surface area contributed by atoms with Crippen LogP contribution in [-0.4, -0.2) is 37.9 Å². The van der Waals surface area contributed by atoms with E-state index in [4.69, 9.17) is 13.9 Å². The summed E-state index contributed by atoms with van der Waals surface area (Å²) in [4.78, 5) is 16.5. The minimum absolute atomic E-state index is 0.0474. The number of hydrogen-bond donors (Lipinski definition) is 1. The number of aromatic nitrogens is 4. The maximum atomic E-state index is 13.8. The van der Waals surface area contributed by atoms with Gasteiger partial charge in [-0.25, -0.2) is 22.9 Å². The summed E-state index contributed by atoms with van der Waals surface area (Å²) in [5.41, 5.74) is -0.865. The Morgan fingerprint density at radius 2 is 1.92 bits per heavy atom. The van der Waals surface area contributed by atoms with E-state index in [1.807, 2.05) is 0 Å². The van der Waals surface area contributed by atoms with Gasteiger partial charge in [0.15, 0.2) is 40.8 Å². The van der Waals surface area contributed by atoms with Gasteiger partial charge in [0.05, 0.1) is 18.9 Å². The summed E-state index contributed by atoms with van der Waals surface area (Å²) in [6.45, 7) is 2.09. The van der Waals surface area contributed by atoms with E-state index in [0.29, 0.717) is 59.5 Å². The second-order valence-electron chi connectivity index (χ2n) is 8.20. The molecule has 1 aliphatic rings. The first-order chi connectivity index (χ1) is 17.2. The molecule has 0 amide bonds. The molecule has 3 heterocycles. The number of aryl methyl sites for hydroxylation is 1. The monoisotopic (exact) mass is 500 g/mol. The third kappa shape index (κ3) is 3.74. The van der Waals surface area contributed by atoms with E-state index in [1.54, 1.807) is 35.9 Å². The largest absolute Gasteiger partial charge is 0.496 e. The molecule has 12 heteroatoms. The van der Waals surface area contributed by atoms with Gasteiger partial charge >= 0.3 is 5.97 Å². The summed E-state index contributed by atoms with van der Waals surface area (Å²) in [7, 11) is 1.50. The van der Waals surface area contributed by atoms with Crippen LogP contribution in [0.25, 0.3) is 22.7 Å². The van der Waals surface area contributed by atoms with E-state index in [2.05, 4.69) is 15.2 Å². The van der Waals surface area contributed by atoms with Gasteiger partial charge in [0, 0.05) is 37.6 Å². The van der Waals surface area contributed by atoms with E-state index in [0.717, 1.165) is 0 Å². The molecule has 0 saturated heterocycles. The van der Waals surface area contributed by atoms with Crippen LogP contribution in [0.15, 0.2) is 40.9 Å². The van der Waals surface area contributed by atoms with Crippen LogP contribution in [0.3, 0.4) is 0 Å². The number of benzene rings is 2. The Hall–Kier alpha value is -4.35. The molecule has 5 rings (SSSR count). The number of hydrogen-bond acceptors (Lipinski definition) is 7. The standard InChI is InChI=1S/C24H19F3N4O5/c1-12-28-11-19(35-12)15-5-4-13(8-18(15)34-2)21-29-30-22-24(23(32)33,6-3-7-31(21)22)36-14-9-16(25)20(27)17(26)10-14/h4-5,8-11H,3,6-7H2,1-2H3,(H,32,33)/t24-/m1/s1. The molecule has 36 heavy (non-hydrogen) atoms. The number of ether oxygens (including phenoxy) is 2. The van der Waals surface area contributed by atoms with Crippen LogP contribution < -0.4 is 9.47 Å². The highest BCUT2D eigenvalue weighted by Crippen LogP contribution is 2.40. The molecule has 9 nitrogen and oxygen atoms in total. The van der Waals surface area contributed by atoms with Crippen LogP contribution in [-0.2, 0) is 16.9 Å². The van der Waals surface area contributed by atoms with Crippen LogP contribution in [0.4, 0.5) is 13.2 Å². The number of methoxy groups -OCH3 is 1. The minimum atomic E-state index is -2.10. The van der Waals surface area contributed by atoms with Crippen LogP contribution in [0.5, 0.6) is 11.5 Å². The Morgan fingerprint density at radius 3 is 2.56 bits per heavy atom. The van der Waals surface area contributed by atoms with Crippen molar-refractivity contribution in [2.45, 2.75) is 31.9 Å². The zero-order valence-corrected chi connectivity index (χ0v) is 19.1. The van der Waals surface area contributed by atoms with E-state index in [-0.39, 0.29) is 12.2 Å². The normalized spacial score (nSPS) is 17.0. The molecule has 0 fully saturated rings. The van der Waals surface area contributed by atoms with Crippen molar-refractivity contribution in [2.24, 2.45) is 0 Å². The average molecular weight is 500 g/mol. The number of aliphatic carboxylic acids is 1. The van der Waals surface area contributed by atoms with Gasteiger partial charge in [0.25, 0.3) is 5.60 Å². The lowest BCUT2D eigenvalue weighted by molar-refractivity contribution is -0.159. The predicted molar refractivity (Wildman–Crippen MR) is 118 cm³/mol. The van der Waals surface area contributed by atoms with Crippen LogP contribution in [0.1, 0.15) is 24.6 Å². The van der Waals surface area contributed by atoms with Gasteiger partial charge < -0.3 is 23.6 Å². The van der Waals surface area contributed by atoms with Gasteiger partial charge in [-0.05, 0) is 18.6 Å². The van der Waals surface area contributed by atoms with Gasteiger partial charge in [-0.1, -0.05) is 6.07 Å². The van der Waals surface area contributed by atoms with Gasteiger partial charge in [0.2, 0.25) is 0 Å². The molecule has 0 radical (unpaired) electrons. The highest BCUT2D eigenvalue weighted by Gasteiger charge is 2.50. The second-order valence-corrected chi connectivity index (χ2v) is 8.20. The van der Waals surface area contributed by atoms with Crippen molar-refractivity contribution in [1.29, 1.82) is 0 Å². The van der Waals surface area contributed by atoms with Crippen LogP contribution in [0, 0.1) is 24.4 Å². The molecule has 1 atom stereocenters. The number of oxazole rings is 1. The van der Waals surface area contributed by atoms with Gasteiger partial charge in [-0.15, -0.1) is 10.2 Å². The summed E-state index contributed by atoms with van der Waals surface area (Å²) >= 11 is 0. The molecule has 1 N–H and O–H groups in total. The predicted octanol–water partition coefficient (Wildman–Crippen LogP) is 4.49. The van der Waals surface area contributed by atoms with Crippen molar-refractivity contribution in [2.75, 3.05) is 7.11 Å². The number of halogens is 3. The van der Waals surface area contributed by atoms with E-state index < -0.39 is 34.8 Å². The Bertz CT molecular complexity index is 1460. The van der Waals surface area contributed by atoms with Crippen molar-refractivity contribution in [1.82, 2.24) is 19.7 Å². The molecule has 0 bridgehead atoms. The molecule has 186 valence electrons. The molecule has 0 saturated carbocycles. The summed E-state index contributed by atoms with van der Waals surface area (Å²) < 4.78 is 59.2. The zero-order valence-electron chi connectivity index (χ0n) is 19.1. The lowest BCUT2D eigenvalue weighted by Crippen LogP contribution is -2.46. The Labute approximate surface area is 202 Å². The van der Waals surface area contributed by atoms with Gasteiger partial charge in [0.1, 0.15) is 11.5 Å². The molecule has 2 aromatic heterocycles. The molecule has 0 unspecified atom stereocenters.